The van der Waals surface area contributed by atoms with Gasteiger partial charge in [0.15, 0.2) is 0 Å². The molecule has 0 fully saturated rings. The second kappa shape index (κ2) is 5.35. The molecule has 120 valence electrons. The van der Waals surface area contributed by atoms with Crippen LogP contribution in [-0.4, -0.2) is 16.5 Å². The molecule has 3 aromatic heterocycles. The van der Waals surface area contributed by atoms with Crippen molar-refractivity contribution in [2.24, 2.45) is 0 Å². The van der Waals surface area contributed by atoms with Crippen LogP contribution in [0.1, 0.15) is 0 Å². The lowest BCUT2D eigenvalue weighted by molar-refractivity contribution is 0.415. The zero-order valence-corrected chi connectivity index (χ0v) is 13.8. The van der Waals surface area contributed by atoms with Crippen molar-refractivity contribution < 1.29 is 4.74 Å². The van der Waals surface area contributed by atoms with Crippen LogP contribution in [0.5, 0.6) is 5.75 Å². The summed E-state index contributed by atoms with van der Waals surface area (Å²) in [7, 11) is 1.69. The van der Waals surface area contributed by atoms with Gasteiger partial charge in [0.1, 0.15) is 5.75 Å². The van der Waals surface area contributed by atoms with Crippen LogP contribution < -0.4 is 4.74 Å². The van der Waals surface area contributed by atoms with E-state index in [1.165, 1.54) is 16.3 Å². The van der Waals surface area contributed by atoms with Gasteiger partial charge in [0.05, 0.1) is 23.8 Å². The Morgan fingerprint density at radius 1 is 0.840 bits per heavy atom. The van der Waals surface area contributed by atoms with Crippen LogP contribution in [0.25, 0.3) is 38.6 Å². The van der Waals surface area contributed by atoms with Crippen molar-refractivity contribution in [1.29, 1.82) is 0 Å². The Balaban J connectivity index is 1.99. The molecule has 0 saturated heterocycles. The quantitative estimate of drug-likeness (QED) is 0.439. The normalized spacial score (nSPS) is 11.4. The first kappa shape index (κ1) is 14.1. The molecule has 0 atom stereocenters. The van der Waals surface area contributed by atoms with Crippen molar-refractivity contribution in [3.05, 3.63) is 79.0 Å². The molecule has 0 spiro atoms. The fourth-order valence-corrected chi connectivity index (χ4v) is 3.51. The summed E-state index contributed by atoms with van der Waals surface area (Å²) in [6.45, 7) is 0. The monoisotopic (exact) mass is 324 g/mol. The van der Waals surface area contributed by atoms with Crippen LogP contribution in [0.3, 0.4) is 0 Å². The van der Waals surface area contributed by atoms with Gasteiger partial charge in [-0.3, -0.25) is 0 Å². The molecule has 0 radical (unpaired) electrons. The maximum atomic E-state index is 5.41. The van der Waals surface area contributed by atoms with Gasteiger partial charge in [0, 0.05) is 28.0 Å². The predicted octanol–water partition coefficient (Wildman–Crippen LogP) is 5.32. The molecule has 0 amide bonds. The van der Waals surface area contributed by atoms with E-state index in [2.05, 4.69) is 59.1 Å². The van der Waals surface area contributed by atoms with E-state index in [0.29, 0.717) is 0 Å². The average molecular weight is 324 g/mol. The Morgan fingerprint density at radius 2 is 1.72 bits per heavy atom. The molecule has 0 bridgehead atoms. The first-order valence-electron chi connectivity index (χ1n) is 8.28. The average Bonchev–Trinajstić information content (AvgIpc) is 3.07. The van der Waals surface area contributed by atoms with Crippen molar-refractivity contribution >= 4 is 27.3 Å². The van der Waals surface area contributed by atoms with Gasteiger partial charge in [-0.1, -0.05) is 36.4 Å². The highest BCUT2D eigenvalue weighted by Gasteiger charge is 2.14. The summed E-state index contributed by atoms with van der Waals surface area (Å²) < 4.78 is 7.62. The van der Waals surface area contributed by atoms with E-state index >= 15 is 0 Å². The van der Waals surface area contributed by atoms with Gasteiger partial charge >= 0.3 is 0 Å². The van der Waals surface area contributed by atoms with E-state index in [1.54, 1.807) is 7.11 Å². The maximum Gasteiger partial charge on any atom is 0.119 e. The Kier molecular flexibility index (Phi) is 3.01. The van der Waals surface area contributed by atoms with Gasteiger partial charge in [0.25, 0.3) is 0 Å². The molecule has 0 aliphatic heterocycles. The Hall–Kier alpha value is -3.33. The number of hydrogen-bond acceptors (Lipinski definition) is 2. The molecule has 0 unspecified atom stereocenters. The molecular weight excluding hydrogens is 308 g/mol. The first-order chi connectivity index (χ1) is 12.3. The summed E-state index contributed by atoms with van der Waals surface area (Å²) >= 11 is 0. The molecule has 5 rings (SSSR count). The van der Waals surface area contributed by atoms with Gasteiger partial charge in [0.2, 0.25) is 0 Å². The van der Waals surface area contributed by atoms with E-state index in [0.717, 1.165) is 28.0 Å². The topological polar surface area (TPSA) is 26.5 Å². The third-order valence-corrected chi connectivity index (χ3v) is 4.67. The summed E-state index contributed by atoms with van der Waals surface area (Å²) in [6, 6.07) is 24.9. The summed E-state index contributed by atoms with van der Waals surface area (Å²) in [5.74, 6) is 0.835. The Bertz CT molecular complexity index is 1240. The van der Waals surface area contributed by atoms with E-state index in [1.807, 2.05) is 24.3 Å². The van der Waals surface area contributed by atoms with E-state index in [4.69, 9.17) is 9.72 Å². The van der Waals surface area contributed by atoms with Crippen molar-refractivity contribution in [3.63, 3.8) is 0 Å². The second-order valence-corrected chi connectivity index (χ2v) is 6.11. The number of ether oxygens (including phenoxy) is 1. The fourth-order valence-electron chi connectivity index (χ4n) is 3.51. The molecule has 2 aromatic carbocycles. The number of nitrogens with zero attached hydrogens (tertiary/aromatic N) is 2. The Morgan fingerprint density at radius 3 is 2.64 bits per heavy atom. The number of pyridine rings is 2. The summed E-state index contributed by atoms with van der Waals surface area (Å²) in [5, 5.41) is 2.39. The molecule has 3 nitrogen and oxygen atoms in total. The van der Waals surface area contributed by atoms with Gasteiger partial charge in [-0.2, -0.15) is 0 Å². The first-order valence-corrected chi connectivity index (χ1v) is 8.28. The number of hydrogen-bond donors (Lipinski definition) is 0. The van der Waals surface area contributed by atoms with Crippen LogP contribution in [0, 0.1) is 0 Å². The molecule has 0 aliphatic carbocycles. The molecule has 5 aromatic rings. The van der Waals surface area contributed by atoms with Crippen molar-refractivity contribution in [2.45, 2.75) is 0 Å². The minimum absolute atomic E-state index is 0.835. The zero-order chi connectivity index (χ0) is 16.8. The van der Waals surface area contributed by atoms with Gasteiger partial charge in [-0.15, -0.1) is 0 Å². The summed E-state index contributed by atoms with van der Waals surface area (Å²) in [6.07, 6.45) is 2.10. The molecular formula is C22H16N2O. The number of rotatable bonds is 2. The van der Waals surface area contributed by atoms with E-state index < -0.39 is 0 Å². The van der Waals surface area contributed by atoms with Gasteiger partial charge < -0.3 is 9.14 Å². The smallest absolute Gasteiger partial charge is 0.119 e. The Labute approximate surface area is 145 Å². The molecule has 3 heterocycles. The highest BCUT2D eigenvalue weighted by molar-refractivity contribution is 6.12. The second-order valence-electron chi connectivity index (χ2n) is 6.11. The number of methoxy groups -OCH3 is 1. The number of para-hydroxylation sites is 1. The van der Waals surface area contributed by atoms with E-state index in [9.17, 15) is 0 Å². The van der Waals surface area contributed by atoms with Crippen LogP contribution in [-0.2, 0) is 0 Å². The third kappa shape index (κ3) is 2.09. The van der Waals surface area contributed by atoms with Gasteiger partial charge in [-0.25, -0.2) is 4.98 Å². The predicted molar refractivity (Wildman–Crippen MR) is 102 cm³/mol. The van der Waals surface area contributed by atoms with E-state index in [-0.39, 0.29) is 0 Å². The molecule has 25 heavy (non-hydrogen) atoms. The molecule has 0 saturated carbocycles. The largest absolute Gasteiger partial charge is 0.497 e. The lowest BCUT2D eigenvalue weighted by Crippen LogP contribution is -1.92. The molecule has 0 aliphatic rings. The van der Waals surface area contributed by atoms with Crippen LogP contribution in [0.15, 0.2) is 79.0 Å². The van der Waals surface area contributed by atoms with Crippen molar-refractivity contribution in [1.82, 2.24) is 9.38 Å². The minimum atomic E-state index is 0.835. The van der Waals surface area contributed by atoms with Crippen LogP contribution in [0.2, 0.25) is 0 Å². The molecule has 0 N–H and O–H groups in total. The number of fused-ring (bicyclic) bond motifs is 5. The maximum absolute atomic E-state index is 5.41. The third-order valence-electron chi connectivity index (χ3n) is 4.67. The van der Waals surface area contributed by atoms with Crippen LogP contribution >= 0.6 is 0 Å². The summed E-state index contributed by atoms with van der Waals surface area (Å²) in [4.78, 5) is 4.99. The lowest BCUT2D eigenvalue weighted by Gasteiger charge is -2.09. The van der Waals surface area contributed by atoms with Crippen molar-refractivity contribution in [3.8, 4) is 17.0 Å². The highest BCUT2D eigenvalue weighted by Crippen LogP contribution is 2.35. The SMILES string of the molecule is COc1cccc(-c2nc3ccccc3c3cc4ccccn4c23)c1. The standard InChI is InChI=1S/C22H16N2O/c1-25-17-9-6-7-15(13-17)21-22-19(14-16-8-4-5-12-24(16)22)18-10-2-3-11-20(18)23-21/h2-14H,1H3. The number of aromatic nitrogens is 2. The minimum Gasteiger partial charge on any atom is -0.497 e. The number of benzene rings is 2. The van der Waals surface area contributed by atoms with Crippen LogP contribution in [0.4, 0.5) is 0 Å². The fraction of sp³-hybridized carbons (Fsp3) is 0.0455. The highest BCUT2D eigenvalue weighted by atomic mass is 16.5. The zero-order valence-electron chi connectivity index (χ0n) is 13.8. The molecule has 3 heteroatoms. The van der Waals surface area contributed by atoms with Crippen molar-refractivity contribution in [2.75, 3.05) is 7.11 Å². The summed E-state index contributed by atoms with van der Waals surface area (Å²) in [5.41, 5.74) is 5.32. The van der Waals surface area contributed by atoms with Gasteiger partial charge in [-0.05, 0) is 36.4 Å². The lowest BCUT2D eigenvalue weighted by atomic mass is 10.0.